The molecule has 0 aromatic heterocycles. The number of rotatable bonds is 7. The minimum Gasteiger partial charge on any atom is -0.355 e. The van der Waals surface area contributed by atoms with Gasteiger partial charge >= 0.3 is 0 Å². The molecule has 26 heavy (non-hydrogen) atoms. The number of hydrogen-bond donors (Lipinski definition) is 1. The minimum absolute atomic E-state index is 0.270. The highest BCUT2D eigenvalue weighted by atomic mass is 32.2. The lowest BCUT2D eigenvalue weighted by Crippen LogP contribution is -2.44. The maximum absolute atomic E-state index is 12.2. The second kappa shape index (κ2) is 11.2. The van der Waals surface area contributed by atoms with Crippen molar-refractivity contribution in [2.24, 2.45) is 5.92 Å². The number of nitrogens with one attached hydrogen (secondary N) is 1. The van der Waals surface area contributed by atoms with Crippen LogP contribution in [0.15, 0.2) is 0 Å². The third-order valence-electron chi connectivity index (χ3n) is 6.38. The van der Waals surface area contributed by atoms with Crippen LogP contribution in [0.2, 0.25) is 0 Å². The largest absolute Gasteiger partial charge is 0.355 e. The van der Waals surface area contributed by atoms with E-state index >= 15 is 0 Å². The summed E-state index contributed by atoms with van der Waals surface area (Å²) in [6.45, 7) is 7.86. The molecule has 0 aromatic carbocycles. The van der Waals surface area contributed by atoms with Crippen LogP contribution in [-0.4, -0.2) is 83.5 Å². The van der Waals surface area contributed by atoms with E-state index in [4.69, 9.17) is 0 Å². The molecule has 3 heterocycles. The summed E-state index contributed by atoms with van der Waals surface area (Å²) in [5.41, 5.74) is 0. The zero-order valence-corrected chi connectivity index (χ0v) is 18.1. The zero-order valence-electron chi connectivity index (χ0n) is 16.5. The van der Waals surface area contributed by atoms with E-state index in [9.17, 15) is 4.79 Å². The number of amides is 1. The van der Waals surface area contributed by atoms with Crippen molar-refractivity contribution in [1.82, 2.24) is 15.1 Å². The van der Waals surface area contributed by atoms with Gasteiger partial charge in [0.1, 0.15) is 0 Å². The summed E-state index contributed by atoms with van der Waals surface area (Å²) in [4.78, 5) is 17.5. The highest BCUT2D eigenvalue weighted by Crippen LogP contribution is 2.27. The number of likely N-dealkylation sites (tertiary alicyclic amines) is 2. The van der Waals surface area contributed by atoms with Crippen LogP contribution in [-0.2, 0) is 4.79 Å². The van der Waals surface area contributed by atoms with E-state index < -0.39 is 0 Å². The Labute approximate surface area is 168 Å². The van der Waals surface area contributed by atoms with Crippen molar-refractivity contribution in [3.05, 3.63) is 0 Å². The molecule has 3 aliphatic rings. The number of piperidine rings is 1. The average Bonchev–Trinajstić information content (AvgIpc) is 2.96. The number of thioether (sulfide) groups is 2. The van der Waals surface area contributed by atoms with Gasteiger partial charge in [-0.2, -0.15) is 23.5 Å². The van der Waals surface area contributed by atoms with Crippen molar-refractivity contribution < 1.29 is 4.79 Å². The van der Waals surface area contributed by atoms with Crippen molar-refractivity contribution in [1.29, 1.82) is 0 Å². The summed E-state index contributed by atoms with van der Waals surface area (Å²) < 4.78 is 0. The Balaban J connectivity index is 1.29. The van der Waals surface area contributed by atoms with Crippen LogP contribution < -0.4 is 5.32 Å². The van der Waals surface area contributed by atoms with Gasteiger partial charge in [0.25, 0.3) is 0 Å². The third-order valence-corrected chi connectivity index (χ3v) is 8.86. The lowest BCUT2D eigenvalue weighted by Gasteiger charge is -2.37. The number of likely N-dealkylation sites (N-methyl/N-ethyl adjacent to an activating group) is 1. The number of hydrogen-bond acceptors (Lipinski definition) is 5. The standard InChI is InChI=1S/C20H37N3OS2/c1-2-22-9-3-4-18(22)14-21-20(24)6-5-17-7-10-23(11-8-17)19-15-25-12-13-26-16-19/h17-19H,2-16H2,1H3,(H,21,24)/t18-/m1/s1. The molecule has 3 rings (SSSR count). The Morgan fingerprint density at radius 1 is 1.08 bits per heavy atom. The molecule has 3 aliphatic heterocycles. The van der Waals surface area contributed by atoms with E-state index in [1.165, 1.54) is 68.3 Å². The minimum atomic E-state index is 0.270. The van der Waals surface area contributed by atoms with Crippen LogP contribution >= 0.6 is 23.5 Å². The van der Waals surface area contributed by atoms with Crippen molar-refractivity contribution in [2.75, 3.05) is 55.7 Å². The van der Waals surface area contributed by atoms with Crippen LogP contribution in [0.1, 0.15) is 45.4 Å². The fourth-order valence-corrected chi connectivity index (χ4v) is 7.25. The van der Waals surface area contributed by atoms with Gasteiger partial charge in [0, 0.05) is 48.1 Å². The van der Waals surface area contributed by atoms with Gasteiger partial charge in [-0.3, -0.25) is 14.6 Å². The summed E-state index contributed by atoms with van der Waals surface area (Å²) in [6, 6.07) is 1.35. The van der Waals surface area contributed by atoms with E-state index in [0.717, 1.165) is 37.9 Å². The van der Waals surface area contributed by atoms with Crippen LogP contribution in [0.5, 0.6) is 0 Å². The Bertz CT molecular complexity index is 421. The molecule has 150 valence electrons. The molecular weight excluding hydrogens is 362 g/mol. The first kappa shape index (κ1) is 20.8. The van der Waals surface area contributed by atoms with Crippen molar-refractivity contribution in [2.45, 2.75) is 57.5 Å². The van der Waals surface area contributed by atoms with Crippen molar-refractivity contribution in [3.63, 3.8) is 0 Å². The molecule has 1 amide bonds. The van der Waals surface area contributed by atoms with Gasteiger partial charge in [-0.25, -0.2) is 0 Å². The normalized spacial score (nSPS) is 27.5. The summed E-state index contributed by atoms with van der Waals surface area (Å²) >= 11 is 4.26. The molecular formula is C20H37N3OS2. The second-order valence-electron chi connectivity index (χ2n) is 8.05. The van der Waals surface area contributed by atoms with Gasteiger partial charge in [0.05, 0.1) is 0 Å². The summed E-state index contributed by atoms with van der Waals surface area (Å²) in [7, 11) is 0. The Morgan fingerprint density at radius 3 is 2.50 bits per heavy atom. The predicted molar refractivity (Wildman–Crippen MR) is 115 cm³/mol. The van der Waals surface area contributed by atoms with Gasteiger partial charge in [-0.1, -0.05) is 6.92 Å². The Kier molecular flexibility index (Phi) is 8.95. The second-order valence-corrected chi connectivity index (χ2v) is 10.4. The highest BCUT2D eigenvalue weighted by Gasteiger charge is 2.27. The van der Waals surface area contributed by atoms with Crippen LogP contribution in [0.25, 0.3) is 0 Å². The van der Waals surface area contributed by atoms with E-state index in [0.29, 0.717) is 6.04 Å². The molecule has 1 atom stereocenters. The molecule has 0 spiro atoms. The molecule has 0 aromatic rings. The van der Waals surface area contributed by atoms with Crippen molar-refractivity contribution >= 4 is 29.4 Å². The van der Waals surface area contributed by atoms with E-state index in [1.54, 1.807) is 0 Å². The first-order valence-electron chi connectivity index (χ1n) is 10.7. The number of nitrogens with zero attached hydrogens (tertiary/aromatic N) is 2. The highest BCUT2D eigenvalue weighted by molar-refractivity contribution is 8.03. The lowest BCUT2D eigenvalue weighted by molar-refractivity contribution is -0.121. The van der Waals surface area contributed by atoms with Gasteiger partial charge in [-0.05, 0) is 64.2 Å². The van der Waals surface area contributed by atoms with Gasteiger partial charge in [0.15, 0.2) is 0 Å². The first-order valence-corrected chi connectivity index (χ1v) is 13.0. The summed E-state index contributed by atoms with van der Waals surface area (Å²) in [5, 5.41) is 3.20. The maximum Gasteiger partial charge on any atom is 0.220 e. The lowest BCUT2D eigenvalue weighted by atomic mass is 9.91. The molecule has 0 radical (unpaired) electrons. The van der Waals surface area contributed by atoms with E-state index in [-0.39, 0.29) is 5.91 Å². The fourth-order valence-electron chi connectivity index (χ4n) is 4.62. The van der Waals surface area contributed by atoms with Crippen LogP contribution in [0, 0.1) is 5.92 Å². The maximum atomic E-state index is 12.2. The topological polar surface area (TPSA) is 35.6 Å². The first-order chi connectivity index (χ1) is 12.8. The quantitative estimate of drug-likeness (QED) is 0.712. The summed E-state index contributed by atoms with van der Waals surface area (Å²) in [6.07, 6.45) is 6.89. The molecule has 4 nitrogen and oxygen atoms in total. The molecule has 0 saturated carbocycles. The van der Waals surface area contributed by atoms with E-state index in [1.807, 2.05) is 0 Å². The molecule has 6 heteroatoms. The molecule has 3 fully saturated rings. The van der Waals surface area contributed by atoms with Gasteiger partial charge in [-0.15, -0.1) is 0 Å². The van der Waals surface area contributed by atoms with Crippen molar-refractivity contribution in [3.8, 4) is 0 Å². The SMILES string of the molecule is CCN1CCC[C@@H]1CNC(=O)CCC1CCN(C2CSCCSC2)CC1. The predicted octanol–water partition coefficient (Wildman–Crippen LogP) is 2.93. The van der Waals surface area contributed by atoms with Gasteiger partial charge < -0.3 is 5.32 Å². The molecule has 0 aliphatic carbocycles. The third kappa shape index (κ3) is 6.32. The van der Waals surface area contributed by atoms with Crippen LogP contribution in [0.3, 0.4) is 0 Å². The van der Waals surface area contributed by atoms with Gasteiger partial charge in [0.2, 0.25) is 5.91 Å². The molecule has 3 saturated heterocycles. The monoisotopic (exact) mass is 399 g/mol. The fraction of sp³-hybridized carbons (Fsp3) is 0.950. The zero-order chi connectivity index (χ0) is 18.2. The average molecular weight is 400 g/mol. The smallest absolute Gasteiger partial charge is 0.220 e. The van der Waals surface area contributed by atoms with E-state index in [2.05, 4.69) is 45.6 Å². The molecule has 1 N–H and O–H groups in total. The number of carbonyl (C=O) groups is 1. The Hall–Kier alpha value is 0.0900. The summed E-state index contributed by atoms with van der Waals surface area (Å²) in [5.74, 6) is 6.30. The molecule has 0 unspecified atom stereocenters. The number of carbonyl (C=O) groups excluding carboxylic acids is 1. The molecule has 0 bridgehead atoms. The Morgan fingerprint density at radius 2 is 1.81 bits per heavy atom. The van der Waals surface area contributed by atoms with Crippen LogP contribution in [0.4, 0.5) is 0 Å².